The molecule has 0 aliphatic heterocycles. The monoisotopic (exact) mass is 390 g/mol. The maximum Gasteiger partial charge on any atom is 0.246 e. The third kappa shape index (κ3) is 5.80. The van der Waals surface area contributed by atoms with Gasteiger partial charge in [-0.3, -0.25) is 4.79 Å². The Morgan fingerprint density at radius 1 is 1.11 bits per heavy atom. The fraction of sp³-hybridized carbons (Fsp3) is 0.350. The van der Waals surface area contributed by atoms with Gasteiger partial charge in [0.25, 0.3) is 0 Å². The Morgan fingerprint density at radius 3 is 2.44 bits per heavy atom. The number of anilines is 1. The molecule has 0 radical (unpaired) electrons. The number of carbonyl (C=O) groups excluding carboxylic acids is 1. The number of amides is 1. The number of ether oxygens (including phenoxy) is 1. The zero-order valence-corrected chi connectivity index (χ0v) is 16.8. The molecule has 2 rings (SSSR count). The van der Waals surface area contributed by atoms with Gasteiger partial charge in [-0.25, -0.2) is 12.7 Å². The standard InChI is InChI=1S/C20H26N2O4S/c1-4-26-18-14-13-17(15-19(18)27(24,25)22(2)3)21-20(23)12-8-11-16-9-6-5-7-10-16/h5-7,9-10,13-15H,4,8,11-12H2,1-3H3,(H,21,23). The lowest BCUT2D eigenvalue weighted by atomic mass is 10.1. The van der Waals surface area contributed by atoms with Crippen LogP contribution in [0.25, 0.3) is 0 Å². The Hall–Kier alpha value is -2.38. The Kier molecular flexibility index (Phi) is 7.38. The van der Waals surface area contributed by atoms with E-state index in [-0.39, 0.29) is 16.6 Å². The molecule has 0 saturated heterocycles. The Morgan fingerprint density at radius 2 is 1.81 bits per heavy atom. The summed E-state index contributed by atoms with van der Waals surface area (Å²) >= 11 is 0. The molecule has 0 heterocycles. The van der Waals surface area contributed by atoms with Crippen LogP contribution in [0.15, 0.2) is 53.4 Å². The summed E-state index contributed by atoms with van der Waals surface area (Å²) in [6, 6.07) is 14.6. The molecule has 1 N–H and O–H groups in total. The fourth-order valence-corrected chi connectivity index (χ4v) is 3.63. The van der Waals surface area contributed by atoms with Gasteiger partial charge in [-0.15, -0.1) is 0 Å². The number of rotatable bonds is 9. The average Bonchev–Trinajstić information content (AvgIpc) is 2.64. The molecule has 0 saturated carbocycles. The summed E-state index contributed by atoms with van der Waals surface area (Å²) in [5.74, 6) is 0.122. The molecule has 0 unspecified atom stereocenters. The summed E-state index contributed by atoms with van der Waals surface area (Å²) in [7, 11) is -0.768. The van der Waals surface area contributed by atoms with Crippen molar-refractivity contribution in [1.82, 2.24) is 4.31 Å². The van der Waals surface area contributed by atoms with Crippen LogP contribution >= 0.6 is 0 Å². The van der Waals surface area contributed by atoms with Crippen molar-refractivity contribution >= 4 is 21.6 Å². The first-order valence-corrected chi connectivity index (χ1v) is 10.3. The topological polar surface area (TPSA) is 75.7 Å². The van der Waals surface area contributed by atoms with Crippen molar-refractivity contribution in [3.63, 3.8) is 0 Å². The van der Waals surface area contributed by atoms with Crippen LogP contribution in [0.3, 0.4) is 0 Å². The highest BCUT2D eigenvalue weighted by atomic mass is 32.2. The second-order valence-electron chi connectivity index (χ2n) is 6.27. The maximum atomic E-state index is 12.5. The molecule has 2 aromatic carbocycles. The number of aryl methyl sites for hydroxylation is 1. The minimum atomic E-state index is -3.68. The molecule has 0 spiro atoms. The van der Waals surface area contributed by atoms with Gasteiger partial charge in [-0.1, -0.05) is 30.3 Å². The fourth-order valence-electron chi connectivity index (χ4n) is 2.58. The van der Waals surface area contributed by atoms with E-state index in [4.69, 9.17) is 4.74 Å². The van der Waals surface area contributed by atoms with E-state index in [0.29, 0.717) is 18.7 Å². The van der Waals surface area contributed by atoms with E-state index < -0.39 is 10.0 Å². The molecule has 0 aromatic heterocycles. The van der Waals surface area contributed by atoms with E-state index in [2.05, 4.69) is 5.32 Å². The molecule has 7 heteroatoms. The van der Waals surface area contributed by atoms with E-state index in [1.807, 2.05) is 30.3 Å². The third-order valence-electron chi connectivity index (χ3n) is 4.00. The van der Waals surface area contributed by atoms with E-state index in [0.717, 1.165) is 17.1 Å². The molecular formula is C20H26N2O4S. The minimum absolute atomic E-state index is 0.0384. The predicted molar refractivity (Wildman–Crippen MR) is 106 cm³/mol. The molecule has 0 fully saturated rings. The normalized spacial score (nSPS) is 11.4. The summed E-state index contributed by atoms with van der Waals surface area (Å²) in [4.78, 5) is 12.2. The molecule has 2 aromatic rings. The number of hydrogen-bond donors (Lipinski definition) is 1. The van der Waals surface area contributed by atoms with Crippen LogP contribution in [0, 0.1) is 0 Å². The summed E-state index contributed by atoms with van der Waals surface area (Å²) < 4.78 is 31.6. The maximum absolute atomic E-state index is 12.5. The predicted octanol–water partition coefficient (Wildman–Crippen LogP) is 3.30. The van der Waals surface area contributed by atoms with Crippen LogP contribution in [0.4, 0.5) is 5.69 Å². The Bertz CT molecular complexity index is 865. The van der Waals surface area contributed by atoms with Gasteiger partial charge in [0.1, 0.15) is 10.6 Å². The molecular weight excluding hydrogens is 364 g/mol. The Labute approximate surface area is 161 Å². The van der Waals surface area contributed by atoms with Gasteiger partial charge in [-0.05, 0) is 43.5 Å². The molecule has 0 bridgehead atoms. The lowest BCUT2D eigenvalue weighted by molar-refractivity contribution is -0.116. The quantitative estimate of drug-likeness (QED) is 0.713. The van der Waals surface area contributed by atoms with Gasteiger partial charge >= 0.3 is 0 Å². The largest absolute Gasteiger partial charge is 0.492 e. The summed E-state index contributed by atoms with van der Waals surface area (Å²) in [6.07, 6.45) is 1.89. The third-order valence-corrected chi connectivity index (χ3v) is 5.83. The lowest BCUT2D eigenvalue weighted by Gasteiger charge is -2.16. The van der Waals surface area contributed by atoms with Crippen molar-refractivity contribution in [2.75, 3.05) is 26.0 Å². The van der Waals surface area contributed by atoms with Crippen molar-refractivity contribution in [2.45, 2.75) is 31.1 Å². The van der Waals surface area contributed by atoms with Crippen LogP contribution in [-0.2, 0) is 21.2 Å². The van der Waals surface area contributed by atoms with Crippen molar-refractivity contribution in [3.05, 3.63) is 54.1 Å². The highest BCUT2D eigenvalue weighted by Gasteiger charge is 2.23. The van der Waals surface area contributed by atoms with Gasteiger partial charge in [0.2, 0.25) is 15.9 Å². The Balaban J connectivity index is 2.06. The van der Waals surface area contributed by atoms with Crippen LogP contribution in [0.5, 0.6) is 5.75 Å². The van der Waals surface area contributed by atoms with E-state index >= 15 is 0 Å². The number of nitrogens with one attached hydrogen (secondary N) is 1. The van der Waals surface area contributed by atoms with Crippen LogP contribution in [-0.4, -0.2) is 39.3 Å². The lowest BCUT2D eigenvalue weighted by Crippen LogP contribution is -2.23. The van der Waals surface area contributed by atoms with Gasteiger partial charge in [0.05, 0.1) is 6.61 Å². The number of nitrogens with zero attached hydrogens (tertiary/aromatic N) is 1. The van der Waals surface area contributed by atoms with Gasteiger partial charge in [-0.2, -0.15) is 0 Å². The average molecular weight is 391 g/mol. The SMILES string of the molecule is CCOc1ccc(NC(=O)CCCc2ccccc2)cc1S(=O)(=O)N(C)C. The smallest absolute Gasteiger partial charge is 0.246 e. The van der Waals surface area contributed by atoms with Gasteiger partial charge in [0, 0.05) is 26.2 Å². The molecule has 0 aliphatic carbocycles. The zero-order valence-electron chi connectivity index (χ0n) is 15.9. The van der Waals surface area contributed by atoms with Crippen molar-refractivity contribution in [2.24, 2.45) is 0 Å². The summed E-state index contributed by atoms with van der Waals surface area (Å²) in [5, 5.41) is 2.77. The van der Waals surface area contributed by atoms with Crippen LogP contribution in [0.2, 0.25) is 0 Å². The summed E-state index contributed by atoms with van der Waals surface area (Å²) in [5.41, 5.74) is 1.62. The number of benzene rings is 2. The highest BCUT2D eigenvalue weighted by Crippen LogP contribution is 2.29. The second kappa shape index (κ2) is 9.53. The molecule has 27 heavy (non-hydrogen) atoms. The van der Waals surface area contributed by atoms with E-state index in [1.54, 1.807) is 19.1 Å². The molecule has 6 nitrogen and oxygen atoms in total. The van der Waals surface area contributed by atoms with Gasteiger partial charge in [0.15, 0.2) is 0 Å². The van der Waals surface area contributed by atoms with Crippen molar-refractivity contribution < 1.29 is 17.9 Å². The number of hydrogen-bond acceptors (Lipinski definition) is 4. The first-order valence-electron chi connectivity index (χ1n) is 8.87. The minimum Gasteiger partial charge on any atom is -0.492 e. The number of sulfonamides is 1. The van der Waals surface area contributed by atoms with Gasteiger partial charge < -0.3 is 10.1 Å². The first kappa shape index (κ1) is 20.9. The van der Waals surface area contributed by atoms with E-state index in [9.17, 15) is 13.2 Å². The van der Waals surface area contributed by atoms with Crippen molar-refractivity contribution in [1.29, 1.82) is 0 Å². The highest BCUT2D eigenvalue weighted by molar-refractivity contribution is 7.89. The first-order chi connectivity index (χ1) is 12.8. The number of carbonyl (C=O) groups is 1. The van der Waals surface area contributed by atoms with Crippen LogP contribution in [0.1, 0.15) is 25.3 Å². The zero-order chi connectivity index (χ0) is 19.9. The van der Waals surface area contributed by atoms with Crippen molar-refractivity contribution in [3.8, 4) is 5.75 Å². The molecule has 0 atom stereocenters. The molecule has 0 aliphatic rings. The van der Waals surface area contributed by atoms with E-state index in [1.165, 1.54) is 25.7 Å². The summed E-state index contributed by atoms with van der Waals surface area (Å²) in [6.45, 7) is 2.13. The second-order valence-corrected chi connectivity index (χ2v) is 8.39. The molecule has 146 valence electrons. The van der Waals surface area contributed by atoms with Crippen LogP contribution < -0.4 is 10.1 Å². The molecule has 1 amide bonds.